The Balaban J connectivity index is 2.56. The van der Waals surface area contributed by atoms with Crippen LogP contribution in [0.25, 0.3) is 0 Å². The maximum Gasteiger partial charge on any atom is 0.328 e. The van der Waals surface area contributed by atoms with Gasteiger partial charge in [-0.05, 0) is 30.0 Å². The van der Waals surface area contributed by atoms with E-state index in [1.165, 1.54) is 13.2 Å². The number of rotatable bonds is 6. The molecule has 21 heavy (non-hydrogen) atoms. The lowest BCUT2D eigenvalue weighted by Gasteiger charge is -2.19. The normalized spacial score (nSPS) is 12.1. The van der Waals surface area contributed by atoms with Crippen LogP contribution in [0, 0.1) is 17.6 Å². The predicted octanol–water partition coefficient (Wildman–Crippen LogP) is 2.21. The molecule has 1 rings (SSSR count). The lowest BCUT2D eigenvalue weighted by Crippen LogP contribution is -2.45. The summed E-state index contributed by atoms with van der Waals surface area (Å²) in [5, 5.41) is 2.58. The van der Waals surface area contributed by atoms with Crippen LogP contribution in [-0.4, -0.2) is 25.0 Å². The highest BCUT2D eigenvalue weighted by atomic mass is 19.2. The van der Waals surface area contributed by atoms with Crippen LogP contribution in [0.5, 0.6) is 0 Å². The van der Waals surface area contributed by atoms with Crippen LogP contribution in [0.15, 0.2) is 18.2 Å². The van der Waals surface area contributed by atoms with Crippen molar-refractivity contribution in [3.8, 4) is 0 Å². The van der Waals surface area contributed by atoms with Crippen molar-refractivity contribution in [1.29, 1.82) is 0 Å². The second-order valence-corrected chi connectivity index (χ2v) is 5.06. The van der Waals surface area contributed by atoms with E-state index < -0.39 is 23.6 Å². The monoisotopic (exact) mass is 299 g/mol. The topological polar surface area (TPSA) is 55.4 Å². The molecule has 1 aromatic carbocycles. The first-order valence-corrected chi connectivity index (χ1v) is 6.66. The van der Waals surface area contributed by atoms with E-state index >= 15 is 0 Å². The van der Waals surface area contributed by atoms with Crippen LogP contribution in [0.4, 0.5) is 8.78 Å². The Morgan fingerprint density at radius 2 is 1.90 bits per heavy atom. The zero-order chi connectivity index (χ0) is 16.0. The number of aryl methyl sites for hydroxylation is 1. The molecule has 0 saturated carbocycles. The second kappa shape index (κ2) is 7.71. The van der Waals surface area contributed by atoms with E-state index in [4.69, 9.17) is 0 Å². The van der Waals surface area contributed by atoms with Crippen LogP contribution in [0.2, 0.25) is 0 Å². The fraction of sp³-hybridized carbons (Fsp3) is 0.467. The van der Waals surface area contributed by atoms with Gasteiger partial charge in [0.05, 0.1) is 7.11 Å². The van der Waals surface area contributed by atoms with Crippen molar-refractivity contribution in [2.75, 3.05) is 7.11 Å². The highest BCUT2D eigenvalue weighted by molar-refractivity contribution is 5.84. The summed E-state index contributed by atoms with van der Waals surface area (Å²) in [5.74, 6) is -2.82. The van der Waals surface area contributed by atoms with Crippen molar-refractivity contribution in [3.05, 3.63) is 35.4 Å². The number of halogens is 2. The Kier molecular flexibility index (Phi) is 6.27. The number of esters is 1. The number of hydrogen-bond acceptors (Lipinski definition) is 3. The van der Waals surface area contributed by atoms with Crippen LogP contribution >= 0.6 is 0 Å². The summed E-state index contributed by atoms with van der Waals surface area (Å²) < 4.78 is 30.4. The molecule has 1 N–H and O–H groups in total. The van der Waals surface area contributed by atoms with Crippen molar-refractivity contribution in [2.45, 2.75) is 32.7 Å². The van der Waals surface area contributed by atoms with Gasteiger partial charge in [-0.15, -0.1) is 0 Å². The minimum Gasteiger partial charge on any atom is -0.467 e. The average molecular weight is 299 g/mol. The summed E-state index contributed by atoms with van der Waals surface area (Å²) >= 11 is 0. The van der Waals surface area contributed by atoms with Gasteiger partial charge in [-0.1, -0.05) is 19.9 Å². The van der Waals surface area contributed by atoms with Crippen LogP contribution < -0.4 is 5.32 Å². The van der Waals surface area contributed by atoms with Gasteiger partial charge >= 0.3 is 5.97 Å². The number of methoxy groups -OCH3 is 1. The molecule has 0 aliphatic heterocycles. The molecule has 1 amide bonds. The van der Waals surface area contributed by atoms with Gasteiger partial charge in [0.2, 0.25) is 5.91 Å². The number of amides is 1. The highest BCUT2D eigenvalue weighted by Crippen LogP contribution is 2.11. The number of benzene rings is 1. The number of hydrogen-bond donors (Lipinski definition) is 1. The molecular formula is C15H19F2NO3. The molecule has 0 heterocycles. The molecule has 4 nitrogen and oxygen atoms in total. The number of ether oxygens (including phenoxy) is 1. The lowest BCUT2D eigenvalue weighted by molar-refractivity contribution is -0.146. The molecule has 1 aromatic rings. The maximum atomic E-state index is 13.0. The highest BCUT2D eigenvalue weighted by Gasteiger charge is 2.24. The first-order chi connectivity index (χ1) is 9.85. The van der Waals surface area contributed by atoms with E-state index in [1.54, 1.807) is 13.8 Å². The van der Waals surface area contributed by atoms with Crippen molar-refractivity contribution < 1.29 is 23.1 Å². The van der Waals surface area contributed by atoms with E-state index in [9.17, 15) is 18.4 Å². The van der Waals surface area contributed by atoms with Gasteiger partial charge < -0.3 is 10.1 Å². The third-order valence-electron chi connectivity index (χ3n) is 3.06. The molecule has 0 radical (unpaired) electrons. The van der Waals surface area contributed by atoms with Crippen molar-refractivity contribution >= 4 is 11.9 Å². The summed E-state index contributed by atoms with van der Waals surface area (Å²) in [7, 11) is 1.26. The van der Waals surface area contributed by atoms with E-state index in [0.717, 1.165) is 12.1 Å². The molecule has 0 aliphatic rings. The minimum absolute atomic E-state index is 0.0747. The molecule has 116 valence electrons. The fourth-order valence-electron chi connectivity index (χ4n) is 1.82. The van der Waals surface area contributed by atoms with Gasteiger partial charge in [0, 0.05) is 6.42 Å². The molecule has 1 atom stereocenters. The van der Waals surface area contributed by atoms with Crippen LogP contribution in [-0.2, 0) is 20.7 Å². The molecule has 1 unspecified atom stereocenters. The average Bonchev–Trinajstić information content (AvgIpc) is 2.44. The quantitative estimate of drug-likeness (QED) is 0.819. The Hall–Kier alpha value is -1.98. The molecule has 0 aromatic heterocycles. The Bertz CT molecular complexity index is 518. The number of nitrogens with one attached hydrogen (secondary N) is 1. The van der Waals surface area contributed by atoms with Gasteiger partial charge in [0.25, 0.3) is 0 Å². The summed E-state index contributed by atoms with van der Waals surface area (Å²) in [4.78, 5) is 23.3. The molecule has 0 bridgehead atoms. The zero-order valence-corrected chi connectivity index (χ0v) is 12.3. The van der Waals surface area contributed by atoms with Gasteiger partial charge in [0.15, 0.2) is 11.6 Å². The molecule has 0 aliphatic carbocycles. The van der Waals surface area contributed by atoms with Gasteiger partial charge in [-0.2, -0.15) is 0 Å². The van der Waals surface area contributed by atoms with Crippen LogP contribution in [0.1, 0.15) is 25.8 Å². The largest absolute Gasteiger partial charge is 0.467 e. The Morgan fingerprint density at radius 3 is 2.43 bits per heavy atom. The maximum absolute atomic E-state index is 13.0. The fourth-order valence-corrected chi connectivity index (χ4v) is 1.82. The van der Waals surface area contributed by atoms with E-state index in [0.29, 0.717) is 5.56 Å². The zero-order valence-electron chi connectivity index (χ0n) is 12.3. The van der Waals surface area contributed by atoms with Crippen molar-refractivity contribution in [1.82, 2.24) is 5.32 Å². The van der Waals surface area contributed by atoms with Gasteiger partial charge in [-0.25, -0.2) is 13.6 Å². The van der Waals surface area contributed by atoms with E-state index in [1.807, 2.05) is 0 Å². The molecular weight excluding hydrogens is 280 g/mol. The molecule has 0 saturated heterocycles. The molecule has 0 spiro atoms. The SMILES string of the molecule is COC(=O)C(NC(=O)CCc1ccc(F)c(F)c1)C(C)C. The first-order valence-electron chi connectivity index (χ1n) is 6.66. The first kappa shape index (κ1) is 17.1. The van der Waals surface area contributed by atoms with Crippen molar-refractivity contribution in [2.24, 2.45) is 5.92 Å². The van der Waals surface area contributed by atoms with Crippen LogP contribution in [0.3, 0.4) is 0 Å². The summed E-state index contributed by atoms with van der Waals surface area (Å²) in [5.41, 5.74) is 0.517. The Labute approximate surface area is 122 Å². The van der Waals surface area contributed by atoms with Gasteiger partial charge in [-0.3, -0.25) is 4.79 Å². The number of carbonyl (C=O) groups excluding carboxylic acids is 2. The molecule has 0 fully saturated rings. The van der Waals surface area contributed by atoms with E-state index in [-0.39, 0.29) is 24.7 Å². The summed E-state index contributed by atoms with van der Waals surface area (Å²) in [6, 6.07) is 2.79. The second-order valence-electron chi connectivity index (χ2n) is 5.06. The molecule has 6 heteroatoms. The standard InChI is InChI=1S/C15H19F2NO3/c1-9(2)14(15(20)21-3)18-13(19)7-5-10-4-6-11(16)12(17)8-10/h4,6,8-9,14H,5,7H2,1-3H3,(H,18,19). The van der Waals surface area contributed by atoms with Gasteiger partial charge in [0.1, 0.15) is 6.04 Å². The minimum atomic E-state index is -0.942. The van der Waals surface area contributed by atoms with Crippen molar-refractivity contribution in [3.63, 3.8) is 0 Å². The summed E-state index contributed by atoms with van der Waals surface area (Å²) in [6.07, 6.45) is 0.334. The summed E-state index contributed by atoms with van der Waals surface area (Å²) in [6.45, 7) is 3.58. The third kappa shape index (κ3) is 5.13. The lowest BCUT2D eigenvalue weighted by atomic mass is 10.0. The van der Waals surface area contributed by atoms with E-state index in [2.05, 4.69) is 10.1 Å². The number of carbonyl (C=O) groups is 2. The Morgan fingerprint density at radius 1 is 1.24 bits per heavy atom. The predicted molar refractivity (Wildman–Crippen MR) is 73.5 cm³/mol. The smallest absolute Gasteiger partial charge is 0.328 e. The third-order valence-corrected chi connectivity index (χ3v) is 3.06.